The average molecular weight is 440 g/mol. The zero-order chi connectivity index (χ0) is 23.1. The van der Waals surface area contributed by atoms with E-state index < -0.39 is 23.5 Å². The molecule has 1 atom stereocenters. The molecule has 0 N–H and O–H groups in total. The molecule has 166 valence electrons. The average Bonchev–Trinajstić information content (AvgIpc) is 2.77. The molecule has 3 aromatic carbocycles. The van der Waals surface area contributed by atoms with E-state index in [2.05, 4.69) is 0 Å². The van der Waals surface area contributed by atoms with Crippen molar-refractivity contribution in [3.05, 3.63) is 101 Å². The van der Waals surface area contributed by atoms with E-state index in [0.29, 0.717) is 11.5 Å². The van der Waals surface area contributed by atoms with Gasteiger partial charge in [0.05, 0.1) is 5.92 Å². The number of halogens is 3. The molecule has 0 saturated carbocycles. The first kappa shape index (κ1) is 23.1. The van der Waals surface area contributed by atoms with E-state index in [1.807, 2.05) is 13.8 Å². The Bertz CT molecular complexity index is 1070. The first-order valence-corrected chi connectivity index (χ1v) is 10.1. The van der Waals surface area contributed by atoms with E-state index in [1.54, 1.807) is 24.3 Å². The van der Waals surface area contributed by atoms with Gasteiger partial charge in [-0.15, -0.1) is 0 Å². The highest BCUT2D eigenvalue weighted by Gasteiger charge is 2.21. The maximum absolute atomic E-state index is 14.2. The molecule has 0 aromatic heterocycles. The van der Waals surface area contributed by atoms with Crippen LogP contribution >= 0.6 is 0 Å². The molecule has 0 aliphatic rings. The Morgan fingerprint density at radius 2 is 1.47 bits per heavy atom. The summed E-state index contributed by atoms with van der Waals surface area (Å²) in [5, 5.41) is 0. The number of hydrogen-bond donors (Lipinski definition) is 0. The minimum absolute atomic E-state index is 0.0582. The largest absolute Gasteiger partial charge is 0.460 e. The maximum Gasteiger partial charge on any atom is 0.313 e. The highest BCUT2D eigenvalue weighted by Crippen LogP contribution is 2.25. The number of hydrogen-bond acceptors (Lipinski definition) is 3. The summed E-state index contributed by atoms with van der Waals surface area (Å²) in [5.74, 6) is -1.65. The molecule has 3 aromatic rings. The molecular formula is C26H23F3O3. The summed E-state index contributed by atoms with van der Waals surface area (Å²) in [4.78, 5) is 12.6. The number of esters is 1. The van der Waals surface area contributed by atoms with E-state index in [0.717, 1.165) is 5.56 Å². The molecule has 6 heteroatoms. The summed E-state index contributed by atoms with van der Waals surface area (Å²) in [6.07, 6.45) is 3.42. The molecule has 0 heterocycles. The van der Waals surface area contributed by atoms with Gasteiger partial charge in [-0.05, 0) is 66.1 Å². The van der Waals surface area contributed by atoms with Gasteiger partial charge in [0.25, 0.3) is 0 Å². The Morgan fingerprint density at radius 3 is 2.09 bits per heavy atom. The third-order valence-corrected chi connectivity index (χ3v) is 4.79. The quantitative estimate of drug-likeness (QED) is 0.357. The van der Waals surface area contributed by atoms with Gasteiger partial charge in [-0.3, -0.25) is 4.79 Å². The fourth-order valence-corrected chi connectivity index (χ4v) is 2.97. The lowest BCUT2D eigenvalue weighted by atomic mass is 9.95. The topological polar surface area (TPSA) is 35.5 Å². The second kappa shape index (κ2) is 10.7. The van der Waals surface area contributed by atoms with Gasteiger partial charge >= 0.3 is 5.97 Å². The summed E-state index contributed by atoms with van der Waals surface area (Å²) in [5.41, 5.74) is 0.907. The molecular weight excluding hydrogens is 417 g/mol. The molecule has 0 spiro atoms. The Kier molecular flexibility index (Phi) is 7.71. The summed E-state index contributed by atoms with van der Waals surface area (Å²) in [7, 11) is 0. The van der Waals surface area contributed by atoms with Crippen molar-refractivity contribution in [2.24, 2.45) is 11.8 Å². The Hall–Kier alpha value is -3.54. The van der Waals surface area contributed by atoms with E-state index in [-0.39, 0.29) is 23.9 Å². The minimum Gasteiger partial charge on any atom is -0.460 e. The van der Waals surface area contributed by atoms with E-state index >= 15 is 0 Å². The summed E-state index contributed by atoms with van der Waals surface area (Å²) >= 11 is 0. The number of ether oxygens (including phenoxy) is 2. The standard InChI is InChI=1S/C26H23F3O3/c1-17(2)24(13-5-18-3-6-20(27)7-4-18)26(30)31-16-19-15-23(12-14-25(19)29)32-22-10-8-21(28)9-11-22/h3-15,17,24H,16H2,1-2H3. The zero-order valence-corrected chi connectivity index (χ0v) is 17.7. The monoisotopic (exact) mass is 440 g/mol. The molecule has 0 aliphatic heterocycles. The molecule has 0 fully saturated rings. The molecule has 3 rings (SSSR count). The van der Waals surface area contributed by atoms with Crippen LogP contribution in [-0.4, -0.2) is 5.97 Å². The molecule has 3 nitrogen and oxygen atoms in total. The van der Waals surface area contributed by atoms with Crippen LogP contribution in [0.25, 0.3) is 6.08 Å². The number of rotatable bonds is 8. The van der Waals surface area contributed by atoms with Gasteiger partial charge in [0.1, 0.15) is 35.6 Å². The van der Waals surface area contributed by atoms with Gasteiger partial charge in [0, 0.05) is 5.56 Å². The maximum atomic E-state index is 14.2. The lowest BCUT2D eigenvalue weighted by Gasteiger charge is -2.16. The van der Waals surface area contributed by atoms with Gasteiger partial charge in [-0.25, -0.2) is 13.2 Å². The highest BCUT2D eigenvalue weighted by atomic mass is 19.1. The third kappa shape index (κ3) is 6.48. The Balaban J connectivity index is 1.66. The van der Waals surface area contributed by atoms with Gasteiger partial charge in [0.15, 0.2) is 0 Å². The SMILES string of the molecule is CC(C)C(C=Cc1ccc(F)cc1)C(=O)OCc1cc(Oc2ccc(F)cc2)ccc1F. The lowest BCUT2D eigenvalue weighted by Crippen LogP contribution is -2.21. The molecule has 32 heavy (non-hydrogen) atoms. The lowest BCUT2D eigenvalue weighted by molar-refractivity contribution is -0.149. The molecule has 0 saturated heterocycles. The highest BCUT2D eigenvalue weighted by molar-refractivity contribution is 5.76. The third-order valence-electron chi connectivity index (χ3n) is 4.79. The number of carbonyl (C=O) groups is 1. The van der Waals surface area contributed by atoms with Crippen LogP contribution in [0, 0.1) is 29.3 Å². The predicted octanol–water partition coefficient (Wildman–Crippen LogP) is 6.93. The molecule has 0 aliphatic carbocycles. The zero-order valence-electron chi connectivity index (χ0n) is 17.7. The molecule has 0 amide bonds. The van der Waals surface area contributed by atoms with Crippen LogP contribution in [-0.2, 0) is 16.1 Å². The van der Waals surface area contributed by atoms with Gasteiger partial charge in [0.2, 0.25) is 0 Å². The van der Waals surface area contributed by atoms with Crippen LogP contribution in [0.2, 0.25) is 0 Å². The molecule has 1 unspecified atom stereocenters. The van der Waals surface area contributed by atoms with E-state index in [4.69, 9.17) is 9.47 Å². The summed E-state index contributed by atoms with van der Waals surface area (Å²) in [6.45, 7) is 3.48. The molecule has 0 bridgehead atoms. The Labute approximate surface area is 185 Å². The Morgan fingerprint density at radius 1 is 0.875 bits per heavy atom. The van der Waals surface area contributed by atoms with Crippen LogP contribution in [0.1, 0.15) is 25.0 Å². The molecule has 0 radical (unpaired) electrons. The van der Waals surface area contributed by atoms with Gasteiger partial charge < -0.3 is 9.47 Å². The van der Waals surface area contributed by atoms with Gasteiger partial charge in [-0.2, -0.15) is 0 Å². The number of carbonyl (C=O) groups excluding carboxylic acids is 1. The number of benzene rings is 3. The van der Waals surface area contributed by atoms with Crippen LogP contribution in [0.4, 0.5) is 13.2 Å². The van der Waals surface area contributed by atoms with Crippen LogP contribution in [0.3, 0.4) is 0 Å². The second-order valence-corrected chi connectivity index (χ2v) is 7.60. The van der Waals surface area contributed by atoms with Crippen molar-refractivity contribution >= 4 is 12.0 Å². The summed E-state index contributed by atoms with van der Waals surface area (Å²) < 4.78 is 51.3. The fourth-order valence-electron chi connectivity index (χ4n) is 2.97. The second-order valence-electron chi connectivity index (χ2n) is 7.60. The van der Waals surface area contributed by atoms with Crippen molar-refractivity contribution in [3.63, 3.8) is 0 Å². The van der Waals surface area contributed by atoms with Crippen molar-refractivity contribution < 1.29 is 27.4 Å². The predicted molar refractivity (Wildman–Crippen MR) is 116 cm³/mol. The fraction of sp³-hybridized carbons (Fsp3) is 0.192. The smallest absolute Gasteiger partial charge is 0.313 e. The van der Waals surface area contributed by atoms with Crippen molar-refractivity contribution in [3.8, 4) is 11.5 Å². The van der Waals surface area contributed by atoms with E-state index in [9.17, 15) is 18.0 Å². The van der Waals surface area contributed by atoms with Crippen LogP contribution in [0.5, 0.6) is 11.5 Å². The normalized spacial score (nSPS) is 12.2. The summed E-state index contributed by atoms with van der Waals surface area (Å²) in [6, 6.07) is 15.4. The first-order valence-electron chi connectivity index (χ1n) is 10.1. The van der Waals surface area contributed by atoms with Crippen molar-refractivity contribution in [1.82, 2.24) is 0 Å². The van der Waals surface area contributed by atoms with Gasteiger partial charge in [-0.1, -0.05) is 38.1 Å². The van der Waals surface area contributed by atoms with Crippen molar-refractivity contribution in [2.75, 3.05) is 0 Å². The van der Waals surface area contributed by atoms with Crippen LogP contribution < -0.4 is 4.74 Å². The van der Waals surface area contributed by atoms with Crippen molar-refractivity contribution in [2.45, 2.75) is 20.5 Å². The first-order chi connectivity index (χ1) is 15.3. The minimum atomic E-state index is -0.554. The van der Waals surface area contributed by atoms with Crippen molar-refractivity contribution in [1.29, 1.82) is 0 Å². The van der Waals surface area contributed by atoms with E-state index in [1.165, 1.54) is 54.6 Å². The van der Waals surface area contributed by atoms with Crippen LogP contribution in [0.15, 0.2) is 72.8 Å².